The van der Waals surface area contributed by atoms with E-state index in [1.807, 2.05) is 41.1 Å². The number of rotatable bonds is 4. The first-order valence-electron chi connectivity index (χ1n) is 8.16. The highest BCUT2D eigenvalue weighted by molar-refractivity contribution is 6.03. The Morgan fingerprint density at radius 1 is 1.19 bits per heavy atom. The molecule has 1 amide bonds. The van der Waals surface area contributed by atoms with Gasteiger partial charge in [-0.05, 0) is 18.2 Å². The van der Waals surface area contributed by atoms with E-state index in [0.717, 1.165) is 16.5 Å². The van der Waals surface area contributed by atoms with Crippen molar-refractivity contribution in [3.05, 3.63) is 77.2 Å². The minimum absolute atomic E-state index is 0.0591. The molecule has 26 heavy (non-hydrogen) atoms. The molecule has 0 aliphatic rings. The van der Waals surface area contributed by atoms with E-state index in [9.17, 15) is 14.4 Å². The van der Waals surface area contributed by atoms with E-state index >= 15 is 0 Å². The third-order valence-electron chi connectivity index (χ3n) is 4.17. The lowest BCUT2D eigenvalue weighted by molar-refractivity contribution is -0.124. The van der Waals surface area contributed by atoms with Gasteiger partial charge in [-0.2, -0.15) is 5.26 Å². The molecule has 1 heterocycles. The van der Waals surface area contributed by atoms with Gasteiger partial charge in [0.25, 0.3) is 5.91 Å². The van der Waals surface area contributed by atoms with Gasteiger partial charge in [-0.25, -0.2) is 4.39 Å². The monoisotopic (exact) mass is 347 g/mol. The molecule has 3 rings (SSSR count). The third-order valence-corrected chi connectivity index (χ3v) is 4.17. The van der Waals surface area contributed by atoms with E-state index in [-0.39, 0.29) is 17.3 Å². The molecule has 2 aromatic carbocycles. The summed E-state index contributed by atoms with van der Waals surface area (Å²) < 4.78 is 15.9. The number of fused-ring (bicyclic) bond motifs is 1. The van der Waals surface area contributed by atoms with Crippen LogP contribution < -0.4 is 0 Å². The standard InChI is InChI=1S/C21H18FN3O/c1-24(2)21(26)16(12-23)11-17-14-25(20-10-6-4-8-18(17)20)13-15-7-3-5-9-19(15)22/h3-11,14H,13H2,1-2H3/b16-11-. The van der Waals surface area contributed by atoms with E-state index < -0.39 is 0 Å². The number of likely N-dealkylation sites (N-methyl/N-ethyl adjacent to an activating group) is 1. The SMILES string of the molecule is CN(C)C(=O)/C(C#N)=C\c1cn(Cc2ccccc2F)c2ccccc12. The molecular formula is C21H18FN3O. The molecule has 0 aliphatic carbocycles. The van der Waals surface area contributed by atoms with E-state index in [1.54, 1.807) is 38.4 Å². The van der Waals surface area contributed by atoms with Crippen LogP contribution in [0.2, 0.25) is 0 Å². The van der Waals surface area contributed by atoms with Crippen LogP contribution >= 0.6 is 0 Å². The Hall–Kier alpha value is -3.39. The Morgan fingerprint density at radius 2 is 1.88 bits per heavy atom. The van der Waals surface area contributed by atoms with Crippen LogP contribution in [0, 0.1) is 17.1 Å². The Labute approximate surface area is 151 Å². The molecule has 0 saturated carbocycles. The molecule has 1 aromatic heterocycles. The number of amides is 1. The summed E-state index contributed by atoms with van der Waals surface area (Å²) in [5.41, 5.74) is 2.30. The zero-order valence-corrected chi connectivity index (χ0v) is 14.6. The van der Waals surface area contributed by atoms with Crippen molar-refractivity contribution >= 4 is 22.9 Å². The Morgan fingerprint density at radius 3 is 2.58 bits per heavy atom. The van der Waals surface area contributed by atoms with Crippen molar-refractivity contribution in [2.24, 2.45) is 0 Å². The Bertz CT molecular complexity index is 1040. The van der Waals surface area contributed by atoms with Gasteiger partial charge in [-0.15, -0.1) is 0 Å². The van der Waals surface area contributed by atoms with Crippen LogP contribution in [-0.4, -0.2) is 29.5 Å². The lowest BCUT2D eigenvalue weighted by Gasteiger charge is -2.08. The lowest BCUT2D eigenvalue weighted by Crippen LogP contribution is -2.22. The summed E-state index contributed by atoms with van der Waals surface area (Å²) in [7, 11) is 3.21. The summed E-state index contributed by atoms with van der Waals surface area (Å²) >= 11 is 0. The van der Waals surface area contributed by atoms with Gasteiger partial charge in [-0.3, -0.25) is 4.79 Å². The fraction of sp³-hybridized carbons (Fsp3) is 0.143. The normalized spacial score (nSPS) is 11.4. The fourth-order valence-electron chi connectivity index (χ4n) is 2.87. The summed E-state index contributed by atoms with van der Waals surface area (Å²) in [5, 5.41) is 10.2. The minimum Gasteiger partial charge on any atom is -0.344 e. The molecule has 0 atom stereocenters. The molecule has 0 unspecified atom stereocenters. The summed E-state index contributed by atoms with van der Waals surface area (Å²) in [4.78, 5) is 13.5. The molecule has 3 aromatic rings. The van der Waals surface area contributed by atoms with Crippen molar-refractivity contribution in [2.45, 2.75) is 6.54 Å². The first-order chi connectivity index (χ1) is 12.5. The van der Waals surface area contributed by atoms with Crippen molar-refractivity contribution in [1.29, 1.82) is 5.26 Å². The third kappa shape index (κ3) is 3.35. The lowest BCUT2D eigenvalue weighted by atomic mass is 10.1. The van der Waals surface area contributed by atoms with Gasteiger partial charge < -0.3 is 9.47 Å². The van der Waals surface area contributed by atoms with Crippen LogP contribution in [0.15, 0.2) is 60.3 Å². The van der Waals surface area contributed by atoms with E-state index in [1.165, 1.54) is 11.0 Å². The van der Waals surface area contributed by atoms with Gasteiger partial charge in [0.1, 0.15) is 17.5 Å². The van der Waals surface area contributed by atoms with Crippen LogP contribution in [-0.2, 0) is 11.3 Å². The number of para-hydroxylation sites is 1. The highest BCUT2D eigenvalue weighted by atomic mass is 19.1. The number of nitrogens with zero attached hydrogens (tertiary/aromatic N) is 3. The second-order valence-corrected chi connectivity index (χ2v) is 6.19. The molecule has 0 spiro atoms. The quantitative estimate of drug-likeness (QED) is 0.532. The predicted molar refractivity (Wildman–Crippen MR) is 99.7 cm³/mol. The number of hydrogen-bond acceptors (Lipinski definition) is 2. The second-order valence-electron chi connectivity index (χ2n) is 6.19. The average molecular weight is 347 g/mol. The maximum Gasteiger partial charge on any atom is 0.264 e. The van der Waals surface area contributed by atoms with Gasteiger partial charge in [0.2, 0.25) is 0 Å². The molecule has 4 nitrogen and oxygen atoms in total. The van der Waals surface area contributed by atoms with Crippen molar-refractivity contribution in [1.82, 2.24) is 9.47 Å². The molecule has 130 valence electrons. The zero-order chi connectivity index (χ0) is 18.7. The summed E-state index contributed by atoms with van der Waals surface area (Å²) in [6.07, 6.45) is 3.43. The maximum atomic E-state index is 14.0. The predicted octanol–water partition coefficient (Wildman–Crippen LogP) is 3.82. The average Bonchev–Trinajstić information content (AvgIpc) is 2.98. The van der Waals surface area contributed by atoms with Gasteiger partial charge in [0, 0.05) is 42.3 Å². The fourth-order valence-corrected chi connectivity index (χ4v) is 2.87. The molecular weight excluding hydrogens is 329 g/mol. The van der Waals surface area contributed by atoms with Gasteiger partial charge in [-0.1, -0.05) is 36.4 Å². The molecule has 0 fully saturated rings. The highest BCUT2D eigenvalue weighted by Gasteiger charge is 2.14. The first kappa shape index (κ1) is 17.4. The van der Waals surface area contributed by atoms with Crippen LogP contribution in [0.1, 0.15) is 11.1 Å². The highest BCUT2D eigenvalue weighted by Crippen LogP contribution is 2.25. The molecule has 0 bridgehead atoms. The van der Waals surface area contributed by atoms with E-state index in [0.29, 0.717) is 12.1 Å². The van der Waals surface area contributed by atoms with E-state index in [2.05, 4.69) is 0 Å². The maximum absolute atomic E-state index is 14.0. The number of hydrogen-bond donors (Lipinski definition) is 0. The number of nitriles is 1. The molecule has 0 N–H and O–H groups in total. The largest absolute Gasteiger partial charge is 0.344 e. The van der Waals surface area contributed by atoms with Crippen molar-refractivity contribution in [3.63, 3.8) is 0 Å². The van der Waals surface area contributed by atoms with Crippen LogP contribution in [0.4, 0.5) is 4.39 Å². The number of carbonyl (C=O) groups is 1. The van der Waals surface area contributed by atoms with Crippen molar-refractivity contribution < 1.29 is 9.18 Å². The van der Waals surface area contributed by atoms with Crippen molar-refractivity contribution in [3.8, 4) is 6.07 Å². The summed E-state index contributed by atoms with van der Waals surface area (Å²) in [5.74, 6) is -0.610. The number of halogens is 1. The van der Waals surface area contributed by atoms with Crippen LogP contribution in [0.3, 0.4) is 0 Å². The van der Waals surface area contributed by atoms with Gasteiger partial charge >= 0.3 is 0 Å². The Balaban J connectivity index is 2.10. The Kier molecular flexibility index (Phi) is 4.85. The molecule has 0 saturated heterocycles. The van der Waals surface area contributed by atoms with Crippen molar-refractivity contribution in [2.75, 3.05) is 14.1 Å². The van der Waals surface area contributed by atoms with Crippen LogP contribution in [0.5, 0.6) is 0 Å². The number of benzene rings is 2. The number of carbonyl (C=O) groups excluding carboxylic acids is 1. The topological polar surface area (TPSA) is 49.0 Å². The van der Waals surface area contributed by atoms with E-state index in [4.69, 9.17) is 0 Å². The van der Waals surface area contributed by atoms with Gasteiger partial charge in [0.05, 0.1) is 6.54 Å². The van der Waals surface area contributed by atoms with Gasteiger partial charge in [0.15, 0.2) is 0 Å². The summed E-state index contributed by atoms with van der Waals surface area (Å²) in [6.45, 7) is 0.366. The first-order valence-corrected chi connectivity index (χ1v) is 8.16. The number of aromatic nitrogens is 1. The zero-order valence-electron chi connectivity index (χ0n) is 14.6. The van der Waals surface area contributed by atoms with Crippen LogP contribution in [0.25, 0.3) is 17.0 Å². The molecule has 0 aliphatic heterocycles. The summed E-state index contributed by atoms with van der Waals surface area (Å²) in [6, 6.07) is 16.3. The molecule has 5 heteroatoms. The minimum atomic E-state index is -0.349. The second kappa shape index (κ2) is 7.24. The molecule has 0 radical (unpaired) electrons. The smallest absolute Gasteiger partial charge is 0.264 e.